The molecule has 2 N–H and O–H groups in total. The SMILES string of the molecule is Cc1ccc(NC(=O)NCC2CCCN(CCC(C)C)C2)cc1. The normalized spacial score (nSPS) is 18.9. The van der Waals surface area contributed by atoms with Crippen LogP contribution in [0.3, 0.4) is 0 Å². The van der Waals surface area contributed by atoms with Gasteiger partial charge in [-0.1, -0.05) is 31.5 Å². The summed E-state index contributed by atoms with van der Waals surface area (Å²) >= 11 is 0. The van der Waals surface area contributed by atoms with E-state index < -0.39 is 0 Å². The van der Waals surface area contributed by atoms with Crippen LogP contribution < -0.4 is 10.6 Å². The van der Waals surface area contributed by atoms with Crippen LogP contribution in [0.1, 0.15) is 38.7 Å². The minimum Gasteiger partial charge on any atom is -0.338 e. The lowest BCUT2D eigenvalue weighted by Crippen LogP contribution is -2.42. The van der Waals surface area contributed by atoms with E-state index in [1.54, 1.807) is 0 Å². The van der Waals surface area contributed by atoms with Gasteiger partial charge >= 0.3 is 6.03 Å². The Kier molecular flexibility index (Phi) is 6.90. The van der Waals surface area contributed by atoms with Crippen LogP contribution in [0.4, 0.5) is 10.5 Å². The smallest absolute Gasteiger partial charge is 0.319 e. The van der Waals surface area contributed by atoms with Crippen molar-refractivity contribution in [3.63, 3.8) is 0 Å². The maximum absolute atomic E-state index is 12.0. The molecular formula is C19H31N3O. The summed E-state index contributed by atoms with van der Waals surface area (Å²) in [4.78, 5) is 14.6. The number of hydrogen-bond donors (Lipinski definition) is 2. The van der Waals surface area contributed by atoms with Gasteiger partial charge in [-0.15, -0.1) is 0 Å². The molecule has 1 aliphatic rings. The van der Waals surface area contributed by atoms with Gasteiger partial charge in [0.2, 0.25) is 0 Å². The fraction of sp³-hybridized carbons (Fsp3) is 0.632. The lowest BCUT2D eigenvalue weighted by Gasteiger charge is -2.33. The molecule has 1 aliphatic heterocycles. The van der Waals surface area contributed by atoms with Gasteiger partial charge in [0, 0.05) is 18.8 Å². The molecule has 1 saturated heterocycles. The summed E-state index contributed by atoms with van der Waals surface area (Å²) in [5.74, 6) is 1.33. The van der Waals surface area contributed by atoms with Gasteiger partial charge in [-0.05, 0) is 63.2 Å². The first kappa shape index (κ1) is 17.8. The van der Waals surface area contributed by atoms with Gasteiger partial charge in [0.05, 0.1) is 0 Å². The van der Waals surface area contributed by atoms with Crippen molar-refractivity contribution in [2.45, 2.75) is 40.0 Å². The van der Waals surface area contributed by atoms with Crippen molar-refractivity contribution in [2.75, 3.05) is 31.5 Å². The van der Waals surface area contributed by atoms with Crippen LogP contribution in [0, 0.1) is 18.8 Å². The van der Waals surface area contributed by atoms with Crippen molar-refractivity contribution >= 4 is 11.7 Å². The van der Waals surface area contributed by atoms with Crippen molar-refractivity contribution in [2.24, 2.45) is 11.8 Å². The number of hydrogen-bond acceptors (Lipinski definition) is 2. The number of urea groups is 1. The first-order valence-corrected chi connectivity index (χ1v) is 8.87. The average molecular weight is 317 g/mol. The topological polar surface area (TPSA) is 44.4 Å². The molecule has 0 aliphatic carbocycles. The zero-order chi connectivity index (χ0) is 16.7. The van der Waals surface area contributed by atoms with Crippen molar-refractivity contribution in [1.29, 1.82) is 0 Å². The van der Waals surface area contributed by atoms with Crippen LogP contribution in [-0.4, -0.2) is 37.1 Å². The first-order chi connectivity index (χ1) is 11.0. The van der Waals surface area contributed by atoms with E-state index >= 15 is 0 Å². The number of amides is 2. The molecule has 1 atom stereocenters. The molecule has 1 aromatic carbocycles. The molecule has 2 rings (SSSR count). The Morgan fingerprint density at radius 2 is 2.04 bits per heavy atom. The van der Waals surface area contributed by atoms with E-state index in [0.29, 0.717) is 5.92 Å². The van der Waals surface area contributed by atoms with Crippen LogP contribution in [0.15, 0.2) is 24.3 Å². The highest BCUT2D eigenvalue weighted by Gasteiger charge is 2.20. The number of likely N-dealkylation sites (tertiary alicyclic amines) is 1. The van der Waals surface area contributed by atoms with Gasteiger partial charge in [-0.2, -0.15) is 0 Å². The van der Waals surface area contributed by atoms with Crippen LogP contribution in [0.25, 0.3) is 0 Å². The Bertz CT molecular complexity index is 484. The Morgan fingerprint density at radius 1 is 1.30 bits per heavy atom. The molecular weight excluding hydrogens is 286 g/mol. The summed E-state index contributed by atoms with van der Waals surface area (Å²) in [6.07, 6.45) is 3.71. The quantitative estimate of drug-likeness (QED) is 0.836. The number of benzene rings is 1. The fourth-order valence-corrected chi connectivity index (χ4v) is 3.01. The molecule has 1 heterocycles. The largest absolute Gasteiger partial charge is 0.338 e. The Morgan fingerprint density at radius 3 is 2.74 bits per heavy atom. The summed E-state index contributed by atoms with van der Waals surface area (Å²) in [6, 6.07) is 7.77. The molecule has 0 spiro atoms. The number of nitrogens with zero attached hydrogens (tertiary/aromatic N) is 1. The molecule has 4 nitrogen and oxygen atoms in total. The summed E-state index contributed by atoms with van der Waals surface area (Å²) in [6.45, 7) is 10.9. The minimum absolute atomic E-state index is 0.104. The molecule has 1 aromatic rings. The van der Waals surface area contributed by atoms with E-state index in [-0.39, 0.29) is 6.03 Å². The Labute approximate surface area is 140 Å². The maximum Gasteiger partial charge on any atom is 0.319 e. The summed E-state index contributed by atoms with van der Waals surface area (Å²) in [7, 11) is 0. The monoisotopic (exact) mass is 317 g/mol. The predicted molar refractivity (Wildman–Crippen MR) is 96.8 cm³/mol. The second kappa shape index (κ2) is 8.92. The molecule has 0 saturated carbocycles. The average Bonchev–Trinajstić information content (AvgIpc) is 2.54. The molecule has 0 radical (unpaired) electrons. The van der Waals surface area contributed by atoms with Gasteiger partial charge in [-0.3, -0.25) is 0 Å². The molecule has 128 valence electrons. The van der Waals surface area contributed by atoms with E-state index in [0.717, 1.165) is 24.7 Å². The molecule has 23 heavy (non-hydrogen) atoms. The highest BCUT2D eigenvalue weighted by Crippen LogP contribution is 2.17. The van der Waals surface area contributed by atoms with E-state index in [1.807, 2.05) is 31.2 Å². The molecule has 0 aromatic heterocycles. The lowest BCUT2D eigenvalue weighted by molar-refractivity contribution is 0.166. The van der Waals surface area contributed by atoms with Crippen LogP contribution >= 0.6 is 0 Å². The summed E-state index contributed by atoms with van der Waals surface area (Å²) in [5, 5.41) is 5.92. The van der Waals surface area contributed by atoms with Gasteiger partial charge in [0.25, 0.3) is 0 Å². The second-order valence-corrected chi connectivity index (χ2v) is 7.19. The number of anilines is 1. The summed E-state index contributed by atoms with van der Waals surface area (Å²) in [5.41, 5.74) is 2.04. The Balaban J connectivity index is 1.70. The van der Waals surface area contributed by atoms with Gasteiger partial charge < -0.3 is 15.5 Å². The van der Waals surface area contributed by atoms with Gasteiger partial charge in [0.15, 0.2) is 0 Å². The Hall–Kier alpha value is -1.55. The zero-order valence-corrected chi connectivity index (χ0v) is 14.8. The van der Waals surface area contributed by atoms with Crippen LogP contribution in [-0.2, 0) is 0 Å². The molecule has 1 fully saturated rings. The fourth-order valence-electron chi connectivity index (χ4n) is 3.01. The van der Waals surface area contributed by atoms with Crippen molar-refractivity contribution in [3.05, 3.63) is 29.8 Å². The van der Waals surface area contributed by atoms with Crippen molar-refractivity contribution < 1.29 is 4.79 Å². The third kappa shape index (κ3) is 6.61. The standard InChI is InChI=1S/C19H31N3O/c1-15(2)10-12-22-11-4-5-17(14-22)13-20-19(23)21-18-8-6-16(3)7-9-18/h6-9,15,17H,4-5,10-14H2,1-3H3,(H2,20,21,23). The molecule has 1 unspecified atom stereocenters. The van der Waals surface area contributed by atoms with Crippen LogP contribution in [0.5, 0.6) is 0 Å². The number of piperidine rings is 1. The number of aryl methyl sites for hydroxylation is 1. The van der Waals surface area contributed by atoms with Crippen molar-refractivity contribution in [3.8, 4) is 0 Å². The van der Waals surface area contributed by atoms with Gasteiger partial charge in [0.1, 0.15) is 0 Å². The highest BCUT2D eigenvalue weighted by atomic mass is 16.2. The lowest BCUT2D eigenvalue weighted by atomic mass is 9.97. The second-order valence-electron chi connectivity index (χ2n) is 7.19. The minimum atomic E-state index is -0.104. The maximum atomic E-state index is 12.0. The van der Waals surface area contributed by atoms with Crippen molar-refractivity contribution in [1.82, 2.24) is 10.2 Å². The molecule has 0 bridgehead atoms. The molecule has 2 amide bonds. The number of carbonyl (C=O) groups excluding carboxylic acids is 1. The van der Waals surface area contributed by atoms with E-state index in [1.165, 1.54) is 37.9 Å². The highest BCUT2D eigenvalue weighted by molar-refractivity contribution is 5.89. The van der Waals surface area contributed by atoms with Crippen LogP contribution in [0.2, 0.25) is 0 Å². The third-order valence-corrected chi connectivity index (χ3v) is 4.49. The summed E-state index contributed by atoms with van der Waals surface area (Å²) < 4.78 is 0. The number of carbonyl (C=O) groups is 1. The first-order valence-electron chi connectivity index (χ1n) is 8.87. The predicted octanol–water partition coefficient (Wildman–Crippen LogP) is 3.87. The third-order valence-electron chi connectivity index (χ3n) is 4.49. The number of nitrogens with one attached hydrogen (secondary N) is 2. The van der Waals surface area contributed by atoms with E-state index in [2.05, 4.69) is 29.4 Å². The van der Waals surface area contributed by atoms with Gasteiger partial charge in [-0.25, -0.2) is 4.79 Å². The zero-order valence-electron chi connectivity index (χ0n) is 14.8. The van der Waals surface area contributed by atoms with E-state index in [9.17, 15) is 4.79 Å². The van der Waals surface area contributed by atoms with E-state index in [4.69, 9.17) is 0 Å². The molecule has 4 heteroatoms. The number of rotatable bonds is 6.